The molecular weight excluding hydrogens is 439 g/mol. The van der Waals surface area contributed by atoms with Crippen LogP contribution < -0.4 is 0 Å². The lowest BCUT2D eigenvalue weighted by Gasteiger charge is -2.05. The van der Waals surface area contributed by atoms with Crippen LogP contribution in [-0.4, -0.2) is 5.16 Å². The van der Waals surface area contributed by atoms with E-state index in [1.165, 1.54) is 24.3 Å². The number of rotatable bonds is 7. The van der Waals surface area contributed by atoms with Crippen LogP contribution >= 0.6 is 12.2 Å². The zero-order valence-electron chi connectivity index (χ0n) is 18.2. The molecule has 0 saturated carbocycles. The summed E-state index contributed by atoms with van der Waals surface area (Å²) in [4.78, 5) is 3.62. The van der Waals surface area contributed by atoms with Gasteiger partial charge in [-0.15, -0.1) is 0 Å². The second-order valence-electron chi connectivity index (χ2n) is 7.48. The third kappa shape index (κ3) is 6.76. The van der Waals surface area contributed by atoms with Crippen molar-refractivity contribution in [2.45, 2.75) is 32.6 Å². The molecule has 0 aliphatic rings. The molecular formula is C28H22F3NS. The fraction of sp³-hybridized carbons (Fsp3) is 0.179. The molecule has 0 heterocycles. The summed E-state index contributed by atoms with van der Waals surface area (Å²) >= 11 is 4.47. The van der Waals surface area contributed by atoms with Crippen molar-refractivity contribution in [2.75, 3.05) is 0 Å². The first kappa shape index (κ1) is 24.2. The fourth-order valence-electron chi connectivity index (χ4n) is 3.22. The van der Waals surface area contributed by atoms with Crippen molar-refractivity contribution in [3.05, 3.63) is 100 Å². The van der Waals surface area contributed by atoms with Gasteiger partial charge in [0.15, 0.2) is 17.5 Å². The van der Waals surface area contributed by atoms with Crippen LogP contribution in [-0.2, 0) is 6.42 Å². The minimum absolute atomic E-state index is 0.0929. The summed E-state index contributed by atoms with van der Waals surface area (Å²) in [5.41, 5.74) is 2.58. The van der Waals surface area contributed by atoms with Crippen LogP contribution in [0.5, 0.6) is 0 Å². The number of benzene rings is 3. The Morgan fingerprint density at radius 1 is 0.818 bits per heavy atom. The molecule has 33 heavy (non-hydrogen) atoms. The number of hydrogen-bond donors (Lipinski definition) is 0. The third-order valence-electron chi connectivity index (χ3n) is 5.07. The average molecular weight is 462 g/mol. The molecule has 0 N–H and O–H groups in total. The Morgan fingerprint density at radius 2 is 1.39 bits per heavy atom. The second kappa shape index (κ2) is 12.0. The first-order chi connectivity index (χ1) is 16.0. The summed E-state index contributed by atoms with van der Waals surface area (Å²) in [5.74, 6) is 3.34. The number of hydrogen-bond acceptors (Lipinski definition) is 2. The zero-order valence-corrected chi connectivity index (χ0v) is 19.0. The predicted octanol–water partition coefficient (Wildman–Crippen LogP) is 8.46. The number of isothiocyanates is 1. The molecule has 0 aliphatic heterocycles. The summed E-state index contributed by atoms with van der Waals surface area (Å²) in [6.45, 7) is 2.14. The lowest BCUT2D eigenvalue weighted by molar-refractivity contribution is 0.629. The Morgan fingerprint density at radius 3 is 1.97 bits per heavy atom. The molecule has 0 aromatic heterocycles. The highest BCUT2D eigenvalue weighted by Gasteiger charge is 2.11. The highest BCUT2D eigenvalue weighted by molar-refractivity contribution is 7.78. The summed E-state index contributed by atoms with van der Waals surface area (Å²) in [5, 5.41) is 2.12. The van der Waals surface area contributed by atoms with Crippen LogP contribution in [0.15, 0.2) is 71.7 Å². The van der Waals surface area contributed by atoms with E-state index < -0.39 is 17.5 Å². The average Bonchev–Trinajstić information content (AvgIpc) is 2.84. The molecule has 0 aliphatic carbocycles. The Hall–Kier alpha value is -3.45. The standard InChI is InChI=1S/C28H22F3NS/c1-2-3-4-5-20-8-13-23(14-9-20)27(30)28(31)24-15-10-21(11-16-24)6-7-22-12-17-26(32-19-33)25(29)18-22/h8-18H,2-5H2,1H3/b28-27+. The van der Waals surface area contributed by atoms with Gasteiger partial charge in [-0.25, -0.2) is 13.2 Å². The smallest absolute Gasteiger partial charge is 0.166 e. The minimum Gasteiger partial charge on any atom is -0.205 e. The van der Waals surface area contributed by atoms with E-state index in [0.29, 0.717) is 11.1 Å². The van der Waals surface area contributed by atoms with Gasteiger partial charge in [0.2, 0.25) is 0 Å². The van der Waals surface area contributed by atoms with Gasteiger partial charge in [0.1, 0.15) is 5.69 Å². The van der Waals surface area contributed by atoms with E-state index in [9.17, 15) is 13.2 Å². The third-order valence-corrected chi connectivity index (χ3v) is 5.16. The maximum atomic E-state index is 14.7. The predicted molar refractivity (Wildman–Crippen MR) is 132 cm³/mol. The van der Waals surface area contributed by atoms with Gasteiger partial charge in [-0.05, 0) is 61.0 Å². The van der Waals surface area contributed by atoms with Crippen LogP contribution in [0.2, 0.25) is 0 Å². The van der Waals surface area contributed by atoms with E-state index in [1.54, 1.807) is 30.3 Å². The topological polar surface area (TPSA) is 12.4 Å². The molecule has 0 spiro atoms. The maximum Gasteiger partial charge on any atom is 0.166 e. The van der Waals surface area contributed by atoms with E-state index in [4.69, 9.17) is 0 Å². The van der Waals surface area contributed by atoms with Gasteiger partial charge in [-0.1, -0.05) is 68.0 Å². The molecule has 0 unspecified atom stereocenters. The van der Waals surface area contributed by atoms with Gasteiger partial charge in [-0.3, -0.25) is 0 Å². The summed E-state index contributed by atoms with van der Waals surface area (Å²) in [6, 6.07) is 17.3. The molecule has 5 heteroatoms. The largest absolute Gasteiger partial charge is 0.205 e. The quantitative estimate of drug-likeness (QED) is 0.113. The molecule has 0 bridgehead atoms. The van der Waals surface area contributed by atoms with Crippen LogP contribution in [0.3, 0.4) is 0 Å². The van der Waals surface area contributed by atoms with Gasteiger partial charge in [0.25, 0.3) is 0 Å². The molecule has 0 radical (unpaired) electrons. The SMILES string of the molecule is CCCCCc1ccc(/C(F)=C(\F)c2ccc(C#Cc3ccc(N=C=S)c(F)c3)cc2)cc1. The molecule has 1 nitrogen and oxygen atoms in total. The monoisotopic (exact) mass is 461 g/mol. The highest BCUT2D eigenvalue weighted by atomic mass is 32.1. The normalized spacial score (nSPS) is 11.2. The van der Waals surface area contributed by atoms with Gasteiger partial charge < -0.3 is 0 Å². The Labute approximate surface area is 197 Å². The molecule has 0 amide bonds. The molecule has 3 aromatic rings. The maximum absolute atomic E-state index is 14.7. The van der Waals surface area contributed by atoms with Crippen LogP contribution in [0.1, 0.15) is 54.0 Å². The minimum atomic E-state index is -0.926. The lowest BCUT2D eigenvalue weighted by Crippen LogP contribution is -1.88. The Balaban J connectivity index is 1.73. The zero-order chi connectivity index (χ0) is 23.6. The molecule has 0 atom stereocenters. The summed E-state index contributed by atoms with van der Waals surface area (Å²) in [7, 11) is 0. The van der Waals surface area contributed by atoms with E-state index >= 15 is 0 Å². The van der Waals surface area contributed by atoms with Crippen molar-refractivity contribution in [1.82, 2.24) is 0 Å². The molecule has 166 valence electrons. The van der Waals surface area contributed by atoms with Crippen molar-refractivity contribution in [1.29, 1.82) is 0 Å². The second-order valence-corrected chi connectivity index (χ2v) is 7.66. The van der Waals surface area contributed by atoms with Crippen LogP contribution in [0.4, 0.5) is 18.9 Å². The van der Waals surface area contributed by atoms with Crippen LogP contribution in [0.25, 0.3) is 11.7 Å². The van der Waals surface area contributed by atoms with Gasteiger partial charge >= 0.3 is 0 Å². The number of halogens is 3. The molecule has 0 fully saturated rings. The molecule has 3 rings (SSSR count). The Kier molecular flexibility index (Phi) is 8.78. The first-order valence-corrected chi connectivity index (χ1v) is 11.1. The first-order valence-electron chi connectivity index (χ1n) is 10.7. The lowest BCUT2D eigenvalue weighted by atomic mass is 10.0. The number of unbranched alkanes of at least 4 members (excludes halogenated alkanes) is 2. The number of nitrogens with zero attached hydrogens (tertiary/aromatic N) is 1. The molecule has 3 aromatic carbocycles. The van der Waals surface area contributed by atoms with Crippen molar-refractivity contribution in [3.63, 3.8) is 0 Å². The van der Waals surface area contributed by atoms with Crippen LogP contribution in [0, 0.1) is 17.7 Å². The van der Waals surface area contributed by atoms with Crippen molar-refractivity contribution >= 4 is 34.7 Å². The van der Waals surface area contributed by atoms with Crippen molar-refractivity contribution in [2.24, 2.45) is 4.99 Å². The Bertz CT molecular complexity index is 1240. The summed E-state index contributed by atoms with van der Waals surface area (Å²) in [6.07, 6.45) is 4.31. The number of aliphatic imine (C=N–C) groups is 1. The van der Waals surface area contributed by atoms with Crippen molar-refractivity contribution in [3.8, 4) is 11.8 Å². The van der Waals surface area contributed by atoms with E-state index in [0.717, 1.165) is 31.2 Å². The van der Waals surface area contributed by atoms with E-state index in [-0.39, 0.29) is 16.8 Å². The van der Waals surface area contributed by atoms with Crippen molar-refractivity contribution < 1.29 is 13.2 Å². The highest BCUT2D eigenvalue weighted by Crippen LogP contribution is 2.29. The van der Waals surface area contributed by atoms with E-state index in [2.05, 4.69) is 41.1 Å². The van der Waals surface area contributed by atoms with E-state index in [1.807, 2.05) is 12.1 Å². The fourth-order valence-corrected chi connectivity index (χ4v) is 3.32. The summed E-state index contributed by atoms with van der Waals surface area (Å²) < 4.78 is 43.2. The van der Waals surface area contributed by atoms with Gasteiger partial charge in [0.05, 0.1) is 5.16 Å². The number of thiocarbonyl (C=S) groups is 1. The van der Waals surface area contributed by atoms with Gasteiger partial charge in [-0.2, -0.15) is 4.99 Å². The van der Waals surface area contributed by atoms with Gasteiger partial charge in [0, 0.05) is 22.3 Å². The molecule has 0 saturated heterocycles. The number of aryl methyl sites for hydroxylation is 1.